The molecule has 0 amide bonds. The maximum absolute atomic E-state index is 13.1. The standard InChI is InChI=1S/C12H12FNO2/c13-8-2-3-11-9(6-8)10(14-15)7-12(16-11)4-1-5-12/h2-3,6,15H,1,4-5,7H2/b14-10-. The third-order valence-electron chi connectivity index (χ3n) is 3.45. The lowest BCUT2D eigenvalue weighted by Gasteiger charge is -2.45. The minimum Gasteiger partial charge on any atom is -0.486 e. The van der Waals surface area contributed by atoms with Gasteiger partial charge < -0.3 is 9.94 Å². The zero-order valence-corrected chi connectivity index (χ0v) is 8.74. The molecule has 1 aromatic carbocycles. The van der Waals surface area contributed by atoms with Crippen LogP contribution in [0.4, 0.5) is 4.39 Å². The molecule has 1 N–H and O–H groups in total. The zero-order chi connectivity index (χ0) is 11.2. The summed E-state index contributed by atoms with van der Waals surface area (Å²) in [5, 5.41) is 12.3. The van der Waals surface area contributed by atoms with Crippen molar-refractivity contribution in [2.45, 2.75) is 31.3 Å². The van der Waals surface area contributed by atoms with E-state index in [1.54, 1.807) is 6.07 Å². The van der Waals surface area contributed by atoms with Crippen LogP contribution in [0, 0.1) is 5.82 Å². The molecule has 0 radical (unpaired) electrons. The van der Waals surface area contributed by atoms with Crippen LogP contribution in [0.2, 0.25) is 0 Å². The highest BCUT2D eigenvalue weighted by molar-refractivity contribution is 6.04. The maximum atomic E-state index is 13.1. The minimum atomic E-state index is -0.340. The van der Waals surface area contributed by atoms with Crippen molar-refractivity contribution >= 4 is 5.71 Å². The molecule has 1 aromatic rings. The summed E-state index contributed by atoms with van der Waals surface area (Å²) >= 11 is 0. The molecule has 0 aromatic heterocycles. The Bertz CT molecular complexity index is 466. The van der Waals surface area contributed by atoms with E-state index in [4.69, 9.17) is 9.94 Å². The number of fused-ring (bicyclic) bond motifs is 1. The molecule has 1 saturated carbocycles. The first-order valence-electron chi connectivity index (χ1n) is 5.42. The van der Waals surface area contributed by atoms with Gasteiger partial charge in [-0.1, -0.05) is 5.16 Å². The van der Waals surface area contributed by atoms with Crippen LogP contribution < -0.4 is 4.74 Å². The molecule has 4 heteroatoms. The van der Waals surface area contributed by atoms with Crippen molar-refractivity contribution in [2.75, 3.05) is 0 Å². The second-order valence-electron chi connectivity index (χ2n) is 4.50. The van der Waals surface area contributed by atoms with Gasteiger partial charge in [-0.3, -0.25) is 0 Å². The first-order chi connectivity index (χ1) is 7.72. The SMILES string of the molecule is O/N=C1/CC2(CCC2)Oc2ccc(F)cc21. The Hall–Kier alpha value is -1.58. The summed E-state index contributed by atoms with van der Waals surface area (Å²) in [4.78, 5) is 0. The lowest BCUT2D eigenvalue weighted by Crippen LogP contribution is -2.47. The van der Waals surface area contributed by atoms with Crippen LogP contribution >= 0.6 is 0 Å². The molecule has 3 nitrogen and oxygen atoms in total. The Morgan fingerprint density at radius 1 is 1.38 bits per heavy atom. The first-order valence-corrected chi connectivity index (χ1v) is 5.42. The number of nitrogens with zero attached hydrogens (tertiary/aromatic N) is 1. The fourth-order valence-electron chi connectivity index (χ4n) is 2.43. The van der Waals surface area contributed by atoms with Gasteiger partial charge in [0.1, 0.15) is 17.2 Å². The van der Waals surface area contributed by atoms with Crippen molar-refractivity contribution in [2.24, 2.45) is 5.16 Å². The Balaban J connectivity index is 2.08. The molecule has 3 rings (SSSR count). The summed E-state index contributed by atoms with van der Waals surface area (Å²) in [6.07, 6.45) is 3.65. The fraction of sp³-hybridized carbons (Fsp3) is 0.417. The highest BCUT2D eigenvalue weighted by atomic mass is 19.1. The summed E-state index contributed by atoms with van der Waals surface area (Å²) in [5.41, 5.74) is 0.896. The van der Waals surface area contributed by atoms with Crippen LogP contribution in [0.1, 0.15) is 31.2 Å². The number of hydrogen-bond acceptors (Lipinski definition) is 3. The quantitative estimate of drug-likeness (QED) is 0.540. The topological polar surface area (TPSA) is 41.8 Å². The highest BCUT2D eigenvalue weighted by Gasteiger charge is 2.44. The van der Waals surface area contributed by atoms with E-state index in [1.165, 1.54) is 12.1 Å². The van der Waals surface area contributed by atoms with Crippen LogP contribution in [-0.4, -0.2) is 16.5 Å². The summed E-state index contributed by atoms with van der Waals surface area (Å²) in [6.45, 7) is 0. The molecular weight excluding hydrogens is 209 g/mol. The number of ether oxygens (including phenoxy) is 1. The number of benzene rings is 1. The van der Waals surface area contributed by atoms with E-state index < -0.39 is 0 Å². The molecule has 0 atom stereocenters. The zero-order valence-electron chi connectivity index (χ0n) is 8.74. The predicted molar refractivity (Wildman–Crippen MR) is 56.6 cm³/mol. The molecule has 0 saturated heterocycles. The minimum absolute atomic E-state index is 0.202. The van der Waals surface area contributed by atoms with E-state index in [-0.39, 0.29) is 11.4 Å². The summed E-state index contributed by atoms with van der Waals surface area (Å²) in [5.74, 6) is 0.285. The van der Waals surface area contributed by atoms with Crippen molar-refractivity contribution in [3.05, 3.63) is 29.6 Å². The van der Waals surface area contributed by atoms with Crippen LogP contribution in [0.3, 0.4) is 0 Å². The normalized spacial score (nSPS) is 23.7. The Morgan fingerprint density at radius 3 is 2.81 bits per heavy atom. The number of hydrogen-bond donors (Lipinski definition) is 1. The van der Waals surface area contributed by atoms with E-state index >= 15 is 0 Å². The molecular formula is C12H12FNO2. The molecule has 1 fully saturated rings. The van der Waals surface area contributed by atoms with Gasteiger partial charge in [0, 0.05) is 12.0 Å². The predicted octanol–water partition coefficient (Wildman–Crippen LogP) is 2.71. The van der Waals surface area contributed by atoms with Crippen molar-refractivity contribution in [1.29, 1.82) is 0 Å². The molecule has 1 aliphatic heterocycles. The molecule has 1 aliphatic carbocycles. The van der Waals surface area contributed by atoms with E-state index in [0.29, 0.717) is 23.4 Å². The van der Waals surface area contributed by atoms with E-state index in [1.807, 2.05) is 0 Å². The Labute approximate surface area is 92.5 Å². The monoisotopic (exact) mass is 221 g/mol. The number of halogens is 1. The smallest absolute Gasteiger partial charge is 0.129 e. The largest absolute Gasteiger partial charge is 0.486 e. The van der Waals surface area contributed by atoms with Gasteiger partial charge in [-0.25, -0.2) is 4.39 Å². The van der Waals surface area contributed by atoms with Crippen LogP contribution in [0.5, 0.6) is 5.75 Å². The van der Waals surface area contributed by atoms with E-state index in [9.17, 15) is 4.39 Å². The van der Waals surface area contributed by atoms with Gasteiger partial charge in [0.2, 0.25) is 0 Å². The van der Waals surface area contributed by atoms with Gasteiger partial charge >= 0.3 is 0 Å². The first kappa shape index (κ1) is 9.63. The third-order valence-corrected chi connectivity index (χ3v) is 3.45. The molecule has 84 valence electrons. The fourth-order valence-corrected chi connectivity index (χ4v) is 2.43. The summed E-state index contributed by atoms with van der Waals surface area (Å²) < 4.78 is 19.0. The molecule has 0 unspecified atom stereocenters. The molecule has 1 spiro atoms. The lowest BCUT2D eigenvalue weighted by molar-refractivity contribution is -0.00553. The molecule has 1 heterocycles. The van der Waals surface area contributed by atoms with Gasteiger partial charge in [0.05, 0.1) is 5.71 Å². The van der Waals surface area contributed by atoms with Crippen LogP contribution in [-0.2, 0) is 0 Å². The van der Waals surface area contributed by atoms with E-state index in [2.05, 4.69) is 5.16 Å². The van der Waals surface area contributed by atoms with Gasteiger partial charge in [0.25, 0.3) is 0 Å². The molecule has 0 bridgehead atoms. The number of rotatable bonds is 0. The van der Waals surface area contributed by atoms with Crippen LogP contribution in [0.15, 0.2) is 23.4 Å². The summed E-state index contributed by atoms with van der Waals surface area (Å²) in [7, 11) is 0. The van der Waals surface area contributed by atoms with Gasteiger partial charge in [0.15, 0.2) is 0 Å². The Kier molecular flexibility index (Phi) is 1.93. The third kappa shape index (κ3) is 1.29. The van der Waals surface area contributed by atoms with E-state index in [0.717, 1.165) is 19.3 Å². The van der Waals surface area contributed by atoms with Gasteiger partial charge in [-0.05, 0) is 37.5 Å². The second-order valence-corrected chi connectivity index (χ2v) is 4.50. The maximum Gasteiger partial charge on any atom is 0.129 e. The van der Waals surface area contributed by atoms with Crippen molar-refractivity contribution in [1.82, 2.24) is 0 Å². The Morgan fingerprint density at radius 2 is 2.19 bits per heavy atom. The lowest BCUT2D eigenvalue weighted by atomic mass is 9.74. The second kappa shape index (κ2) is 3.20. The van der Waals surface area contributed by atoms with Crippen molar-refractivity contribution in [3.8, 4) is 5.75 Å². The highest BCUT2D eigenvalue weighted by Crippen LogP contribution is 2.45. The van der Waals surface area contributed by atoms with Gasteiger partial charge in [-0.2, -0.15) is 0 Å². The van der Waals surface area contributed by atoms with Crippen molar-refractivity contribution in [3.63, 3.8) is 0 Å². The summed E-state index contributed by atoms with van der Waals surface area (Å²) in [6, 6.07) is 4.33. The van der Waals surface area contributed by atoms with Gasteiger partial charge in [-0.15, -0.1) is 0 Å². The average Bonchev–Trinajstić information content (AvgIpc) is 2.25. The number of oxime groups is 1. The molecule has 16 heavy (non-hydrogen) atoms. The molecule has 2 aliphatic rings. The van der Waals surface area contributed by atoms with Crippen LogP contribution in [0.25, 0.3) is 0 Å². The average molecular weight is 221 g/mol. The van der Waals surface area contributed by atoms with Crippen molar-refractivity contribution < 1.29 is 14.3 Å².